The Labute approximate surface area is 91.3 Å². The maximum Gasteiger partial charge on any atom is 0.287 e. The molecule has 0 aliphatic carbocycles. The molecule has 16 heavy (non-hydrogen) atoms. The van der Waals surface area contributed by atoms with Gasteiger partial charge in [-0.2, -0.15) is 5.26 Å². The Morgan fingerprint density at radius 3 is 2.75 bits per heavy atom. The fourth-order valence-corrected chi connectivity index (χ4v) is 1.05. The quantitative estimate of drug-likeness (QED) is 0.674. The summed E-state index contributed by atoms with van der Waals surface area (Å²) in [5.41, 5.74) is 6.34. The zero-order valence-corrected chi connectivity index (χ0v) is 8.37. The number of benzene rings is 1. The number of halogens is 2. The molecule has 0 atom stereocenters. The van der Waals surface area contributed by atoms with Crippen LogP contribution in [0.25, 0.3) is 0 Å². The van der Waals surface area contributed by atoms with Crippen molar-refractivity contribution < 1.29 is 13.9 Å². The smallest absolute Gasteiger partial charge is 0.287 e. The average molecular weight is 227 g/mol. The number of hydrogen-bond acceptors (Lipinski definition) is 4. The van der Waals surface area contributed by atoms with Gasteiger partial charge in [-0.15, -0.1) is 0 Å². The topological polar surface area (TPSA) is 82.1 Å². The number of nitrogens with one attached hydrogen (secondary N) is 1. The van der Waals surface area contributed by atoms with E-state index in [9.17, 15) is 8.78 Å². The maximum atomic E-state index is 12.7. The molecule has 0 heterocycles. The number of nitrogens with zero attached hydrogens (tertiary/aromatic N) is 1. The first kappa shape index (κ1) is 12.2. The summed E-state index contributed by atoms with van der Waals surface area (Å²) in [5.74, 6) is -3.19. The van der Waals surface area contributed by atoms with Crippen LogP contribution >= 0.6 is 0 Å². The van der Waals surface area contributed by atoms with E-state index in [0.717, 1.165) is 0 Å². The van der Waals surface area contributed by atoms with Crippen molar-refractivity contribution in [3.05, 3.63) is 23.8 Å². The van der Waals surface area contributed by atoms with Gasteiger partial charge in [0, 0.05) is 11.4 Å². The van der Waals surface area contributed by atoms with Crippen LogP contribution in [0.15, 0.2) is 18.2 Å². The molecule has 0 aromatic heterocycles. The van der Waals surface area contributed by atoms with Gasteiger partial charge >= 0.3 is 0 Å². The Balaban J connectivity index is 2.73. The molecule has 1 rings (SSSR count). The lowest BCUT2D eigenvalue weighted by Gasteiger charge is -2.15. The molecule has 0 saturated heterocycles. The first-order valence-electron chi connectivity index (χ1n) is 4.51. The van der Waals surface area contributed by atoms with Crippen molar-refractivity contribution in [1.29, 1.82) is 5.26 Å². The molecule has 0 spiro atoms. The van der Waals surface area contributed by atoms with Crippen LogP contribution in [-0.2, 0) is 0 Å². The van der Waals surface area contributed by atoms with E-state index < -0.39 is 19.1 Å². The molecule has 0 bridgehead atoms. The molecule has 0 radical (unpaired) electrons. The predicted molar refractivity (Wildman–Crippen MR) is 56.1 cm³/mol. The number of alkyl halides is 2. The second-order valence-electron chi connectivity index (χ2n) is 3.28. The van der Waals surface area contributed by atoms with Gasteiger partial charge in [0.05, 0.1) is 12.1 Å². The van der Waals surface area contributed by atoms with Crippen molar-refractivity contribution >= 4 is 11.4 Å². The number of aliphatic hydroxyl groups excluding tert-OH is 1. The van der Waals surface area contributed by atoms with Crippen LogP contribution in [0.3, 0.4) is 0 Å². The van der Waals surface area contributed by atoms with Crippen LogP contribution in [0.1, 0.15) is 5.56 Å². The van der Waals surface area contributed by atoms with Crippen LogP contribution in [0.5, 0.6) is 0 Å². The minimum Gasteiger partial charge on any atom is -0.398 e. The van der Waals surface area contributed by atoms with Crippen molar-refractivity contribution in [1.82, 2.24) is 0 Å². The number of nitrogens with two attached hydrogens (primary N) is 1. The molecule has 0 aliphatic heterocycles. The fraction of sp³-hybridized carbons (Fsp3) is 0.300. The van der Waals surface area contributed by atoms with Crippen LogP contribution in [0.2, 0.25) is 0 Å². The van der Waals surface area contributed by atoms with Gasteiger partial charge in [-0.3, -0.25) is 0 Å². The van der Waals surface area contributed by atoms with Gasteiger partial charge in [0.1, 0.15) is 12.7 Å². The molecule has 4 N–H and O–H groups in total. The lowest BCUT2D eigenvalue weighted by atomic mass is 10.1. The lowest BCUT2D eigenvalue weighted by molar-refractivity contribution is -0.0372. The Hall–Kier alpha value is -1.87. The molecule has 0 amide bonds. The van der Waals surface area contributed by atoms with Crippen LogP contribution < -0.4 is 11.1 Å². The minimum absolute atomic E-state index is 0.220. The molecule has 86 valence electrons. The van der Waals surface area contributed by atoms with Crippen molar-refractivity contribution in [3.63, 3.8) is 0 Å². The summed E-state index contributed by atoms with van der Waals surface area (Å²) in [6.07, 6.45) is 0. The molecular formula is C10H11F2N3O. The predicted octanol–water partition coefficient (Wildman–Crippen LogP) is 1.18. The van der Waals surface area contributed by atoms with Crippen molar-refractivity contribution in [2.75, 3.05) is 24.2 Å². The second kappa shape index (κ2) is 4.77. The number of aliphatic hydroxyl groups is 1. The highest BCUT2D eigenvalue weighted by atomic mass is 19.3. The zero-order chi connectivity index (χ0) is 12.2. The van der Waals surface area contributed by atoms with E-state index in [2.05, 4.69) is 5.32 Å². The Bertz CT molecular complexity index is 415. The van der Waals surface area contributed by atoms with E-state index in [1.165, 1.54) is 18.2 Å². The monoisotopic (exact) mass is 227 g/mol. The molecule has 4 nitrogen and oxygen atoms in total. The summed E-state index contributed by atoms with van der Waals surface area (Å²) < 4.78 is 25.4. The van der Waals surface area contributed by atoms with Crippen molar-refractivity contribution in [3.8, 4) is 6.07 Å². The first-order chi connectivity index (χ1) is 7.48. The molecule has 0 saturated carbocycles. The Kier molecular flexibility index (Phi) is 3.64. The van der Waals surface area contributed by atoms with Crippen LogP contribution in [-0.4, -0.2) is 24.2 Å². The molecule has 1 aromatic carbocycles. The van der Waals surface area contributed by atoms with Gasteiger partial charge < -0.3 is 16.2 Å². The van der Waals surface area contributed by atoms with E-state index in [0.29, 0.717) is 11.4 Å². The van der Waals surface area contributed by atoms with Crippen LogP contribution in [0.4, 0.5) is 20.2 Å². The summed E-state index contributed by atoms with van der Waals surface area (Å²) in [5, 5.41) is 19.4. The SMILES string of the molecule is N#Cc1cc(NCC(F)(F)CO)ccc1N. The highest BCUT2D eigenvalue weighted by Crippen LogP contribution is 2.19. The van der Waals surface area contributed by atoms with Gasteiger partial charge in [0.25, 0.3) is 5.92 Å². The van der Waals surface area contributed by atoms with E-state index in [1.807, 2.05) is 6.07 Å². The van der Waals surface area contributed by atoms with E-state index >= 15 is 0 Å². The highest BCUT2D eigenvalue weighted by Gasteiger charge is 2.27. The van der Waals surface area contributed by atoms with Gasteiger partial charge in [-0.1, -0.05) is 0 Å². The third kappa shape index (κ3) is 3.07. The number of nitrogen functional groups attached to an aromatic ring is 1. The van der Waals surface area contributed by atoms with Crippen molar-refractivity contribution in [2.45, 2.75) is 5.92 Å². The number of nitriles is 1. The minimum atomic E-state index is -3.19. The highest BCUT2D eigenvalue weighted by molar-refractivity contribution is 5.61. The first-order valence-corrected chi connectivity index (χ1v) is 4.51. The molecule has 0 unspecified atom stereocenters. The van der Waals surface area contributed by atoms with Gasteiger partial charge in [0.15, 0.2) is 0 Å². The lowest BCUT2D eigenvalue weighted by Crippen LogP contribution is -2.31. The third-order valence-electron chi connectivity index (χ3n) is 1.96. The van der Waals surface area contributed by atoms with E-state index in [1.54, 1.807) is 0 Å². The maximum absolute atomic E-state index is 12.7. The number of rotatable bonds is 4. The second-order valence-corrected chi connectivity index (χ2v) is 3.28. The standard InChI is InChI=1S/C10H11F2N3O/c11-10(12,6-16)5-15-8-1-2-9(14)7(3-8)4-13/h1-3,15-16H,5-6,14H2. The molecule has 6 heteroatoms. The number of hydrogen-bond donors (Lipinski definition) is 3. The van der Waals surface area contributed by atoms with E-state index in [-0.39, 0.29) is 5.56 Å². The molecular weight excluding hydrogens is 216 g/mol. The Morgan fingerprint density at radius 1 is 1.50 bits per heavy atom. The van der Waals surface area contributed by atoms with Crippen molar-refractivity contribution in [2.24, 2.45) is 0 Å². The molecule has 0 aliphatic rings. The zero-order valence-electron chi connectivity index (χ0n) is 8.37. The van der Waals surface area contributed by atoms with E-state index in [4.69, 9.17) is 16.1 Å². The summed E-state index contributed by atoms with van der Waals surface area (Å²) in [7, 11) is 0. The fourth-order valence-electron chi connectivity index (χ4n) is 1.05. The average Bonchev–Trinajstić information content (AvgIpc) is 2.28. The third-order valence-corrected chi connectivity index (χ3v) is 1.96. The summed E-state index contributed by atoms with van der Waals surface area (Å²) in [6.45, 7) is -1.92. The van der Waals surface area contributed by atoms with Crippen LogP contribution in [0, 0.1) is 11.3 Å². The number of anilines is 2. The largest absolute Gasteiger partial charge is 0.398 e. The van der Waals surface area contributed by atoms with Gasteiger partial charge in [-0.05, 0) is 18.2 Å². The summed E-state index contributed by atoms with van der Waals surface area (Å²) >= 11 is 0. The summed E-state index contributed by atoms with van der Waals surface area (Å²) in [6, 6.07) is 6.17. The molecule has 0 fully saturated rings. The summed E-state index contributed by atoms with van der Waals surface area (Å²) in [4.78, 5) is 0. The molecule has 1 aromatic rings. The normalized spacial score (nSPS) is 10.9. The Morgan fingerprint density at radius 2 is 2.19 bits per heavy atom. The van der Waals surface area contributed by atoms with Gasteiger partial charge in [-0.25, -0.2) is 8.78 Å². The van der Waals surface area contributed by atoms with Gasteiger partial charge in [0.2, 0.25) is 0 Å².